The number of imidazole rings is 2. The number of carbonyl (C=O) groups excluding carboxylic acids is 1. The monoisotopic (exact) mass is 349 g/mol. The van der Waals surface area contributed by atoms with Crippen LogP contribution >= 0.6 is 0 Å². The van der Waals surface area contributed by atoms with Crippen molar-refractivity contribution in [3.05, 3.63) is 47.8 Å². The molecule has 26 heavy (non-hydrogen) atoms. The van der Waals surface area contributed by atoms with E-state index in [0.717, 1.165) is 34.7 Å². The molecule has 3 heterocycles. The molecule has 1 amide bonds. The van der Waals surface area contributed by atoms with Crippen molar-refractivity contribution in [2.24, 2.45) is 5.92 Å². The summed E-state index contributed by atoms with van der Waals surface area (Å²) >= 11 is 0. The van der Waals surface area contributed by atoms with Gasteiger partial charge in [0.15, 0.2) is 0 Å². The van der Waals surface area contributed by atoms with Gasteiger partial charge >= 0.3 is 0 Å². The van der Waals surface area contributed by atoms with Crippen molar-refractivity contribution >= 4 is 16.9 Å². The molecular weight excluding hydrogens is 326 g/mol. The van der Waals surface area contributed by atoms with E-state index in [1.807, 2.05) is 29.2 Å². The molecule has 0 radical (unpaired) electrons. The largest absolute Gasteiger partial charge is 0.348 e. The van der Waals surface area contributed by atoms with Gasteiger partial charge in [-0.2, -0.15) is 0 Å². The first-order valence-electron chi connectivity index (χ1n) is 9.56. The van der Waals surface area contributed by atoms with Gasteiger partial charge in [0, 0.05) is 25.1 Å². The molecule has 6 nitrogen and oxygen atoms in total. The van der Waals surface area contributed by atoms with Gasteiger partial charge in [0.1, 0.15) is 11.9 Å². The molecule has 134 valence electrons. The predicted octanol–water partition coefficient (Wildman–Crippen LogP) is 3.34. The molecular formula is C20H23N5O. The van der Waals surface area contributed by atoms with Crippen LogP contribution in [0, 0.1) is 5.92 Å². The van der Waals surface area contributed by atoms with Gasteiger partial charge in [0.05, 0.1) is 23.1 Å². The number of fused-ring (bicyclic) bond motifs is 2. The maximum atomic E-state index is 13.1. The van der Waals surface area contributed by atoms with E-state index < -0.39 is 0 Å². The molecule has 1 atom stereocenters. The molecule has 2 aromatic heterocycles. The van der Waals surface area contributed by atoms with Gasteiger partial charge in [-0.05, 0) is 30.9 Å². The molecule has 2 N–H and O–H groups in total. The lowest BCUT2D eigenvalue weighted by Gasteiger charge is -2.34. The Labute approximate surface area is 152 Å². The predicted molar refractivity (Wildman–Crippen MR) is 98.5 cm³/mol. The third-order valence-corrected chi connectivity index (χ3v) is 5.85. The fraction of sp³-hybridized carbons (Fsp3) is 0.450. The average molecular weight is 349 g/mol. The highest BCUT2D eigenvalue weighted by atomic mass is 16.2. The maximum absolute atomic E-state index is 13.1. The van der Waals surface area contributed by atoms with Crippen LogP contribution in [0.5, 0.6) is 0 Å². The number of hydrogen-bond donors (Lipinski definition) is 2. The van der Waals surface area contributed by atoms with Crippen molar-refractivity contribution in [3.63, 3.8) is 0 Å². The number of amides is 1. The number of para-hydroxylation sites is 2. The number of nitrogens with zero attached hydrogens (tertiary/aromatic N) is 3. The van der Waals surface area contributed by atoms with Crippen molar-refractivity contribution < 1.29 is 4.79 Å². The number of H-pyrrole nitrogens is 2. The summed E-state index contributed by atoms with van der Waals surface area (Å²) in [7, 11) is 0. The van der Waals surface area contributed by atoms with Crippen LogP contribution in [0.3, 0.4) is 0 Å². The molecule has 0 spiro atoms. The Morgan fingerprint density at radius 3 is 2.92 bits per heavy atom. The summed E-state index contributed by atoms with van der Waals surface area (Å²) in [5.74, 6) is 1.58. The zero-order chi connectivity index (χ0) is 17.5. The fourth-order valence-electron chi connectivity index (χ4n) is 4.50. The zero-order valence-corrected chi connectivity index (χ0v) is 14.7. The van der Waals surface area contributed by atoms with Crippen LogP contribution in [0.4, 0.5) is 0 Å². The normalized spacial score (nSPS) is 20.6. The Hall–Kier alpha value is -2.63. The van der Waals surface area contributed by atoms with Crippen molar-refractivity contribution in [1.29, 1.82) is 0 Å². The van der Waals surface area contributed by atoms with Crippen molar-refractivity contribution in [3.8, 4) is 0 Å². The summed E-state index contributed by atoms with van der Waals surface area (Å²) in [5.41, 5.74) is 3.96. The lowest BCUT2D eigenvalue weighted by atomic mass is 9.98. The number of nitrogens with one attached hydrogen (secondary N) is 2. The highest BCUT2D eigenvalue weighted by molar-refractivity contribution is 5.79. The van der Waals surface area contributed by atoms with E-state index in [1.165, 1.54) is 25.7 Å². The molecule has 1 aromatic carbocycles. The molecule has 2 aliphatic rings. The van der Waals surface area contributed by atoms with Crippen molar-refractivity contribution in [2.45, 2.75) is 44.6 Å². The second kappa shape index (κ2) is 6.27. The molecule has 0 bridgehead atoms. The first kappa shape index (κ1) is 15.6. The van der Waals surface area contributed by atoms with Crippen LogP contribution in [0.25, 0.3) is 11.0 Å². The van der Waals surface area contributed by atoms with Gasteiger partial charge < -0.3 is 14.9 Å². The van der Waals surface area contributed by atoms with E-state index in [1.54, 1.807) is 6.33 Å². The lowest BCUT2D eigenvalue weighted by molar-refractivity contribution is -0.134. The van der Waals surface area contributed by atoms with E-state index in [9.17, 15) is 4.79 Å². The Balaban J connectivity index is 1.52. The van der Waals surface area contributed by atoms with E-state index in [2.05, 4.69) is 15.0 Å². The van der Waals surface area contributed by atoms with Crippen LogP contribution in [0.2, 0.25) is 0 Å². The van der Waals surface area contributed by atoms with Crippen LogP contribution in [0.15, 0.2) is 30.6 Å². The summed E-state index contributed by atoms with van der Waals surface area (Å²) in [6, 6.07) is 7.76. The van der Waals surface area contributed by atoms with Gasteiger partial charge in [0.2, 0.25) is 5.91 Å². The summed E-state index contributed by atoms with van der Waals surface area (Å²) in [6.45, 7) is 0.711. The van der Waals surface area contributed by atoms with E-state index in [0.29, 0.717) is 18.9 Å². The highest BCUT2D eigenvalue weighted by Crippen LogP contribution is 2.35. The third-order valence-electron chi connectivity index (χ3n) is 5.85. The number of benzene rings is 1. The van der Waals surface area contributed by atoms with Gasteiger partial charge in [-0.1, -0.05) is 25.0 Å². The minimum atomic E-state index is -0.230. The number of hydrogen-bond acceptors (Lipinski definition) is 3. The third kappa shape index (κ3) is 2.60. The number of rotatable bonds is 3. The molecule has 6 heteroatoms. The van der Waals surface area contributed by atoms with E-state index >= 15 is 0 Å². The topological polar surface area (TPSA) is 77.7 Å². The Morgan fingerprint density at radius 2 is 2.08 bits per heavy atom. The first-order valence-corrected chi connectivity index (χ1v) is 9.56. The SMILES string of the molecule is O=C(CC1CCCC1)N1CCc2[nH]cnc2[C@H]1c1nc2ccccc2[nH]1. The van der Waals surface area contributed by atoms with E-state index in [-0.39, 0.29) is 11.9 Å². The molecule has 1 aliphatic heterocycles. The second-order valence-electron chi connectivity index (χ2n) is 7.50. The lowest BCUT2D eigenvalue weighted by Crippen LogP contribution is -2.41. The zero-order valence-electron chi connectivity index (χ0n) is 14.7. The molecule has 1 fully saturated rings. The Bertz CT molecular complexity index is 903. The minimum Gasteiger partial charge on any atom is -0.348 e. The summed E-state index contributed by atoms with van der Waals surface area (Å²) in [4.78, 5) is 31.1. The quantitative estimate of drug-likeness (QED) is 0.761. The first-order chi connectivity index (χ1) is 12.8. The van der Waals surface area contributed by atoms with Crippen LogP contribution in [0.1, 0.15) is 55.4 Å². The second-order valence-corrected chi connectivity index (χ2v) is 7.50. The molecule has 1 aliphatic carbocycles. The standard InChI is InChI=1S/C20H23N5O/c26-17(11-13-5-1-2-6-13)25-10-9-16-18(22-12-21-16)19(25)20-23-14-7-3-4-8-15(14)24-20/h3-4,7-8,12-13,19H,1-2,5-6,9-11H2,(H,21,22)(H,23,24)/t19-/m0/s1. The number of carbonyl (C=O) groups is 1. The average Bonchev–Trinajstić information content (AvgIpc) is 3.40. The Morgan fingerprint density at radius 1 is 1.23 bits per heavy atom. The van der Waals surface area contributed by atoms with Gasteiger partial charge in [-0.25, -0.2) is 9.97 Å². The van der Waals surface area contributed by atoms with Crippen LogP contribution in [-0.4, -0.2) is 37.3 Å². The van der Waals surface area contributed by atoms with Crippen LogP contribution in [-0.2, 0) is 11.2 Å². The highest BCUT2D eigenvalue weighted by Gasteiger charge is 2.36. The minimum absolute atomic E-state index is 0.230. The van der Waals surface area contributed by atoms with Crippen molar-refractivity contribution in [2.75, 3.05) is 6.54 Å². The molecule has 1 saturated carbocycles. The van der Waals surface area contributed by atoms with Crippen LogP contribution < -0.4 is 0 Å². The summed E-state index contributed by atoms with van der Waals surface area (Å²) < 4.78 is 0. The summed E-state index contributed by atoms with van der Waals surface area (Å²) in [6.07, 6.45) is 8.08. The summed E-state index contributed by atoms with van der Waals surface area (Å²) in [5, 5.41) is 0. The van der Waals surface area contributed by atoms with Gasteiger partial charge in [-0.15, -0.1) is 0 Å². The molecule has 0 unspecified atom stereocenters. The van der Waals surface area contributed by atoms with Gasteiger partial charge in [0.25, 0.3) is 0 Å². The molecule has 0 saturated heterocycles. The number of aromatic amines is 2. The van der Waals surface area contributed by atoms with Gasteiger partial charge in [-0.3, -0.25) is 4.79 Å². The maximum Gasteiger partial charge on any atom is 0.223 e. The molecule has 3 aromatic rings. The van der Waals surface area contributed by atoms with Crippen molar-refractivity contribution in [1.82, 2.24) is 24.8 Å². The smallest absolute Gasteiger partial charge is 0.223 e. The van der Waals surface area contributed by atoms with E-state index in [4.69, 9.17) is 4.98 Å². The fourth-order valence-corrected chi connectivity index (χ4v) is 4.50. The molecule has 5 rings (SSSR count). The Kier molecular flexibility index (Phi) is 3.76. The number of aromatic nitrogens is 4.